The molecular formula is C14H9F12NO7. The third-order valence-electron chi connectivity index (χ3n) is 2.23. The third-order valence-corrected chi connectivity index (χ3v) is 2.23. The molecule has 5 N–H and O–H groups in total. The number of primary amides is 1. The molecule has 196 valence electrons. The van der Waals surface area contributed by atoms with Crippen molar-refractivity contribution in [1.29, 1.82) is 0 Å². The van der Waals surface area contributed by atoms with Gasteiger partial charge in [0.2, 0.25) is 5.91 Å². The minimum absolute atomic E-state index is 0.505. The van der Waals surface area contributed by atoms with E-state index in [2.05, 4.69) is 0 Å². The minimum Gasteiger partial charge on any atom is -0.475 e. The molecule has 0 atom stereocenters. The predicted octanol–water partition coefficient (Wildman–Crippen LogP) is 3.70. The maximum Gasteiger partial charge on any atom is 0.490 e. The molecule has 0 spiro atoms. The van der Waals surface area contributed by atoms with Gasteiger partial charge >= 0.3 is 42.6 Å². The number of halogens is 12. The van der Waals surface area contributed by atoms with E-state index in [1.54, 1.807) is 0 Å². The minimum atomic E-state index is -5.08. The first-order chi connectivity index (χ1) is 14.8. The lowest BCUT2D eigenvalue weighted by Crippen LogP contribution is -2.21. The summed E-state index contributed by atoms with van der Waals surface area (Å²) in [5.74, 6) is -9.35. The molecule has 0 bridgehead atoms. The van der Waals surface area contributed by atoms with E-state index in [0.717, 1.165) is 12.1 Å². The Bertz CT molecular complexity index is 784. The highest BCUT2D eigenvalue weighted by molar-refractivity contribution is 5.94. The molecule has 34 heavy (non-hydrogen) atoms. The zero-order chi connectivity index (χ0) is 28.3. The Morgan fingerprint density at radius 2 is 0.824 bits per heavy atom. The maximum atomic E-state index is 12.2. The summed E-state index contributed by atoms with van der Waals surface area (Å²) in [7, 11) is 0. The lowest BCUT2D eigenvalue weighted by molar-refractivity contribution is -0.193. The van der Waals surface area contributed by atoms with Crippen molar-refractivity contribution in [3.63, 3.8) is 0 Å². The van der Waals surface area contributed by atoms with Crippen LogP contribution in [0.25, 0.3) is 0 Å². The van der Waals surface area contributed by atoms with E-state index in [0.29, 0.717) is 0 Å². The summed E-state index contributed by atoms with van der Waals surface area (Å²) in [5, 5.41) is 21.4. The second kappa shape index (κ2) is 13.1. The Balaban J connectivity index is -0.000000399. The van der Waals surface area contributed by atoms with Crippen LogP contribution >= 0.6 is 0 Å². The molecule has 0 saturated carbocycles. The van der Waals surface area contributed by atoms with Crippen LogP contribution in [0.1, 0.15) is 15.9 Å². The van der Waals surface area contributed by atoms with Crippen molar-refractivity contribution in [2.75, 3.05) is 0 Å². The van der Waals surface area contributed by atoms with E-state index in [4.69, 9.17) is 35.4 Å². The van der Waals surface area contributed by atoms with Crippen LogP contribution in [0, 0.1) is 0 Å². The molecule has 0 aliphatic heterocycles. The molecule has 0 aromatic heterocycles. The summed E-state index contributed by atoms with van der Waals surface area (Å²) >= 11 is 0. The molecular weight excluding hydrogens is 522 g/mol. The van der Waals surface area contributed by atoms with Gasteiger partial charge in [0.15, 0.2) is 0 Å². The van der Waals surface area contributed by atoms with Crippen LogP contribution in [0.5, 0.6) is 0 Å². The van der Waals surface area contributed by atoms with Gasteiger partial charge in [-0.25, -0.2) is 14.4 Å². The number of amides is 1. The van der Waals surface area contributed by atoms with Gasteiger partial charge in [-0.1, -0.05) is 12.1 Å². The van der Waals surface area contributed by atoms with Gasteiger partial charge in [0.25, 0.3) is 0 Å². The predicted molar refractivity (Wildman–Crippen MR) is 81.0 cm³/mol. The summed E-state index contributed by atoms with van der Waals surface area (Å²) in [5.41, 5.74) is 3.27. The molecule has 0 saturated heterocycles. The smallest absolute Gasteiger partial charge is 0.475 e. The molecule has 1 aromatic rings. The van der Waals surface area contributed by atoms with Crippen molar-refractivity contribution < 1.29 is 87.2 Å². The Morgan fingerprint density at radius 1 is 0.588 bits per heavy atom. The maximum absolute atomic E-state index is 12.2. The monoisotopic (exact) mass is 531 g/mol. The SMILES string of the molecule is NC(=O)c1ccccc1C(F)(F)F.O=C(O)C(F)(F)F.O=C(O)C(F)(F)F.O=C(O)C(F)(F)F. The zero-order valence-corrected chi connectivity index (χ0v) is 15.4. The van der Waals surface area contributed by atoms with E-state index >= 15 is 0 Å². The highest BCUT2D eigenvalue weighted by Crippen LogP contribution is 2.31. The van der Waals surface area contributed by atoms with Gasteiger partial charge in [0.05, 0.1) is 11.1 Å². The molecule has 0 radical (unpaired) electrons. The number of nitrogens with two attached hydrogens (primary N) is 1. The Labute approximate surface area is 178 Å². The number of carbonyl (C=O) groups is 4. The van der Waals surface area contributed by atoms with Crippen LogP contribution < -0.4 is 5.73 Å². The molecule has 0 heterocycles. The van der Waals surface area contributed by atoms with Gasteiger partial charge in [-0.15, -0.1) is 0 Å². The molecule has 0 fully saturated rings. The molecule has 20 heteroatoms. The quantitative estimate of drug-likeness (QED) is 0.403. The normalized spacial score (nSPS) is 11.3. The average molecular weight is 531 g/mol. The van der Waals surface area contributed by atoms with Gasteiger partial charge < -0.3 is 21.1 Å². The molecule has 1 amide bonds. The molecule has 0 aliphatic rings. The number of alkyl halides is 12. The first-order valence-electron chi connectivity index (χ1n) is 7.12. The van der Waals surface area contributed by atoms with Crippen LogP contribution in [0.3, 0.4) is 0 Å². The summed E-state index contributed by atoms with van der Waals surface area (Å²) < 4.78 is 132. The van der Waals surface area contributed by atoms with Gasteiger partial charge in [0.1, 0.15) is 0 Å². The standard InChI is InChI=1S/C8H6F3NO.3C2HF3O2/c9-8(10,11)6-4-2-1-3-5(6)7(12)13;3*3-2(4,5)1(6)7/h1-4H,(H2,12,13);3*(H,6,7). The molecule has 0 unspecified atom stereocenters. The van der Waals surface area contributed by atoms with Crippen LogP contribution in [0.15, 0.2) is 24.3 Å². The summed E-state index contributed by atoms with van der Waals surface area (Å²) in [6, 6.07) is 4.40. The first kappa shape index (κ1) is 34.9. The van der Waals surface area contributed by atoms with Gasteiger partial charge in [-0.05, 0) is 12.1 Å². The van der Waals surface area contributed by atoms with Crippen LogP contribution in [0.4, 0.5) is 52.7 Å². The van der Waals surface area contributed by atoms with Crippen LogP contribution in [-0.4, -0.2) is 57.7 Å². The fourth-order valence-electron chi connectivity index (χ4n) is 0.945. The topological polar surface area (TPSA) is 155 Å². The number of hydrogen-bond acceptors (Lipinski definition) is 4. The van der Waals surface area contributed by atoms with Gasteiger partial charge in [0, 0.05) is 0 Å². The van der Waals surface area contributed by atoms with E-state index in [1.807, 2.05) is 0 Å². The molecule has 1 rings (SSSR count). The second-order valence-corrected chi connectivity index (χ2v) is 4.82. The van der Waals surface area contributed by atoms with E-state index in [1.165, 1.54) is 12.1 Å². The first-order valence-corrected chi connectivity index (χ1v) is 7.12. The largest absolute Gasteiger partial charge is 0.490 e. The summed E-state index contributed by atoms with van der Waals surface area (Å²) in [4.78, 5) is 37.3. The highest BCUT2D eigenvalue weighted by Gasteiger charge is 2.39. The van der Waals surface area contributed by atoms with Crippen molar-refractivity contribution in [2.45, 2.75) is 24.7 Å². The van der Waals surface area contributed by atoms with Crippen molar-refractivity contribution in [1.82, 2.24) is 0 Å². The molecule has 1 aromatic carbocycles. The van der Waals surface area contributed by atoms with E-state index < -0.39 is 59.6 Å². The fourth-order valence-corrected chi connectivity index (χ4v) is 0.945. The van der Waals surface area contributed by atoms with E-state index in [9.17, 15) is 57.5 Å². The lowest BCUT2D eigenvalue weighted by atomic mass is 10.1. The average Bonchev–Trinajstić information content (AvgIpc) is 2.60. The van der Waals surface area contributed by atoms with Gasteiger partial charge in [-0.2, -0.15) is 52.7 Å². The Hall–Kier alpha value is -3.74. The van der Waals surface area contributed by atoms with Crippen LogP contribution in [-0.2, 0) is 20.6 Å². The molecule has 8 nitrogen and oxygen atoms in total. The summed E-state index contributed by atoms with van der Waals surface area (Å²) in [6.07, 6.45) is -19.8. The number of carboxylic acids is 3. The van der Waals surface area contributed by atoms with Crippen molar-refractivity contribution >= 4 is 23.8 Å². The zero-order valence-electron chi connectivity index (χ0n) is 15.4. The second-order valence-electron chi connectivity index (χ2n) is 4.82. The van der Waals surface area contributed by atoms with Crippen molar-refractivity contribution in [3.05, 3.63) is 35.4 Å². The Morgan fingerprint density at radius 3 is 0.971 bits per heavy atom. The van der Waals surface area contributed by atoms with Crippen molar-refractivity contribution in [2.24, 2.45) is 5.73 Å². The number of benzene rings is 1. The van der Waals surface area contributed by atoms with Crippen molar-refractivity contribution in [3.8, 4) is 0 Å². The number of hydrogen-bond donors (Lipinski definition) is 4. The number of carboxylic acid groups (broad SMARTS) is 3. The number of rotatable bonds is 1. The highest BCUT2D eigenvalue weighted by atomic mass is 19.4. The third kappa shape index (κ3) is 16.9. The fraction of sp³-hybridized carbons (Fsp3) is 0.286. The number of aliphatic carboxylic acids is 3. The number of carbonyl (C=O) groups excluding carboxylic acids is 1. The van der Waals surface area contributed by atoms with E-state index in [-0.39, 0.29) is 0 Å². The van der Waals surface area contributed by atoms with Gasteiger partial charge in [-0.3, -0.25) is 4.79 Å². The van der Waals surface area contributed by atoms with Crippen LogP contribution in [0.2, 0.25) is 0 Å². The lowest BCUT2D eigenvalue weighted by Gasteiger charge is -2.09. The molecule has 0 aliphatic carbocycles. The Kier molecular flexibility index (Phi) is 13.4. The summed E-state index contributed by atoms with van der Waals surface area (Å²) in [6.45, 7) is 0.